The van der Waals surface area contributed by atoms with Crippen molar-refractivity contribution in [1.29, 1.82) is 0 Å². The standard InChI is InChI=1S/C23H28ClN7O2S/c1-14-11-31-21(26-22(14)29-12-16(25)13-29)10-19(27-31)20-5-3-4-8-30(20)23(32)17-9-15(24)6-7-18(17)28-34(2)33/h6-7,9-11,16,20,28H,3-5,8,12-13,25H2,1-2H3. The minimum atomic E-state index is -1.32. The van der Waals surface area contributed by atoms with Crippen LogP contribution in [0, 0.1) is 6.92 Å². The number of fused-ring (bicyclic) bond motifs is 1. The highest BCUT2D eigenvalue weighted by Crippen LogP contribution is 2.34. The molecule has 0 aliphatic carbocycles. The van der Waals surface area contributed by atoms with Gasteiger partial charge in [-0.15, -0.1) is 0 Å². The van der Waals surface area contributed by atoms with E-state index in [1.807, 2.05) is 24.1 Å². The van der Waals surface area contributed by atoms with Gasteiger partial charge in [0.05, 0.1) is 23.0 Å². The molecule has 0 radical (unpaired) electrons. The number of piperidine rings is 1. The number of halogens is 1. The van der Waals surface area contributed by atoms with Gasteiger partial charge in [0.15, 0.2) is 5.65 Å². The fraction of sp³-hybridized carbons (Fsp3) is 0.435. The predicted octanol–water partition coefficient (Wildman–Crippen LogP) is 2.91. The normalized spacial score (nSPS) is 19.8. The third-order valence-electron chi connectivity index (χ3n) is 6.40. The highest BCUT2D eigenvalue weighted by Gasteiger charge is 2.32. The van der Waals surface area contributed by atoms with Gasteiger partial charge < -0.3 is 20.3 Å². The van der Waals surface area contributed by atoms with E-state index >= 15 is 0 Å². The number of hydrogen-bond donors (Lipinski definition) is 2. The molecular weight excluding hydrogens is 474 g/mol. The Morgan fingerprint density at radius 2 is 2.06 bits per heavy atom. The van der Waals surface area contributed by atoms with Crippen LogP contribution in [-0.4, -0.2) is 61.5 Å². The Morgan fingerprint density at radius 3 is 2.79 bits per heavy atom. The van der Waals surface area contributed by atoms with Crippen LogP contribution < -0.4 is 15.4 Å². The summed E-state index contributed by atoms with van der Waals surface area (Å²) in [5.74, 6) is 0.774. The van der Waals surface area contributed by atoms with Crippen molar-refractivity contribution in [3.05, 3.63) is 52.3 Å². The van der Waals surface area contributed by atoms with Crippen molar-refractivity contribution in [3.63, 3.8) is 0 Å². The molecule has 0 saturated carbocycles. The van der Waals surface area contributed by atoms with Gasteiger partial charge in [-0.1, -0.05) is 11.6 Å². The Bertz CT molecular complexity index is 1270. The number of carbonyl (C=O) groups is 1. The van der Waals surface area contributed by atoms with E-state index in [9.17, 15) is 9.00 Å². The smallest absolute Gasteiger partial charge is 0.256 e. The Morgan fingerprint density at radius 1 is 1.26 bits per heavy atom. The van der Waals surface area contributed by atoms with Crippen LogP contribution >= 0.6 is 11.6 Å². The summed E-state index contributed by atoms with van der Waals surface area (Å²) >= 11 is 6.21. The summed E-state index contributed by atoms with van der Waals surface area (Å²) in [7, 11) is -1.32. The van der Waals surface area contributed by atoms with Crippen LogP contribution in [0.4, 0.5) is 11.5 Å². The molecule has 11 heteroatoms. The van der Waals surface area contributed by atoms with E-state index in [0.29, 0.717) is 22.8 Å². The number of anilines is 2. The molecule has 2 unspecified atom stereocenters. The predicted molar refractivity (Wildman–Crippen MR) is 135 cm³/mol. The molecule has 5 rings (SSSR count). The fourth-order valence-electron chi connectivity index (χ4n) is 4.76. The van der Waals surface area contributed by atoms with Crippen molar-refractivity contribution in [3.8, 4) is 0 Å². The van der Waals surface area contributed by atoms with Crippen LogP contribution in [0.2, 0.25) is 5.02 Å². The quantitative estimate of drug-likeness (QED) is 0.556. The van der Waals surface area contributed by atoms with E-state index in [4.69, 9.17) is 27.4 Å². The number of nitrogens with two attached hydrogens (primary N) is 1. The minimum absolute atomic E-state index is 0.156. The zero-order chi connectivity index (χ0) is 24.0. The summed E-state index contributed by atoms with van der Waals surface area (Å²) in [5.41, 5.74) is 9.46. The number of aryl methyl sites for hydroxylation is 1. The highest BCUT2D eigenvalue weighted by atomic mass is 35.5. The molecular formula is C23H28ClN7O2S. The van der Waals surface area contributed by atoms with Crippen molar-refractivity contribution >= 4 is 45.6 Å². The topological polar surface area (TPSA) is 109 Å². The molecule has 2 aliphatic heterocycles. The number of nitrogens with one attached hydrogen (secondary N) is 1. The van der Waals surface area contributed by atoms with Crippen molar-refractivity contribution in [1.82, 2.24) is 19.5 Å². The molecule has 2 saturated heterocycles. The van der Waals surface area contributed by atoms with E-state index < -0.39 is 11.0 Å². The van der Waals surface area contributed by atoms with Gasteiger partial charge in [0.25, 0.3) is 5.91 Å². The first-order chi connectivity index (χ1) is 16.3. The first-order valence-electron chi connectivity index (χ1n) is 11.4. The van der Waals surface area contributed by atoms with Gasteiger partial charge in [0.2, 0.25) is 0 Å². The van der Waals surface area contributed by atoms with Crippen LogP contribution in [0.1, 0.15) is 46.9 Å². The molecule has 4 heterocycles. The Hall–Kier alpha value is -2.69. The van der Waals surface area contributed by atoms with Crippen LogP contribution in [0.3, 0.4) is 0 Å². The summed E-state index contributed by atoms with van der Waals surface area (Å²) in [6.45, 7) is 4.24. The summed E-state index contributed by atoms with van der Waals surface area (Å²) in [6.07, 6.45) is 6.24. The zero-order valence-corrected chi connectivity index (χ0v) is 20.8. The summed E-state index contributed by atoms with van der Waals surface area (Å²) < 4.78 is 16.4. The number of carbonyl (C=O) groups excluding carboxylic acids is 1. The van der Waals surface area contributed by atoms with E-state index in [1.165, 1.54) is 6.26 Å². The van der Waals surface area contributed by atoms with Crippen LogP contribution in [0.15, 0.2) is 30.5 Å². The van der Waals surface area contributed by atoms with Gasteiger partial charge in [0.1, 0.15) is 16.8 Å². The number of benzene rings is 1. The summed E-state index contributed by atoms with van der Waals surface area (Å²) in [6, 6.07) is 6.98. The van der Waals surface area contributed by atoms with Crippen LogP contribution in [0.25, 0.3) is 5.65 Å². The van der Waals surface area contributed by atoms with Gasteiger partial charge in [-0.3, -0.25) is 4.79 Å². The molecule has 2 fully saturated rings. The lowest BCUT2D eigenvalue weighted by Crippen LogP contribution is -2.56. The lowest BCUT2D eigenvalue weighted by atomic mass is 9.98. The molecule has 0 bridgehead atoms. The maximum absolute atomic E-state index is 13.7. The van der Waals surface area contributed by atoms with E-state index in [2.05, 4.69) is 9.62 Å². The second-order valence-corrected chi connectivity index (χ2v) is 10.6. The molecule has 2 aliphatic rings. The van der Waals surface area contributed by atoms with E-state index in [0.717, 1.165) is 55.1 Å². The number of rotatable bonds is 5. The van der Waals surface area contributed by atoms with Crippen molar-refractivity contribution in [2.45, 2.75) is 38.3 Å². The highest BCUT2D eigenvalue weighted by molar-refractivity contribution is 7.85. The lowest BCUT2D eigenvalue weighted by Gasteiger charge is -2.38. The molecule has 2 atom stereocenters. The van der Waals surface area contributed by atoms with Gasteiger partial charge in [-0.05, 0) is 44.4 Å². The fourth-order valence-corrected chi connectivity index (χ4v) is 5.42. The van der Waals surface area contributed by atoms with Crippen molar-refractivity contribution in [2.75, 3.05) is 35.5 Å². The maximum Gasteiger partial charge on any atom is 0.256 e. The third kappa shape index (κ3) is 4.37. The lowest BCUT2D eigenvalue weighted by molar-refractivity contribution is 0.0607. The molecule has 180 valence electrons. The zero-order valence-electron chi connectivity index (χ0n) is 19.2. The SMILES string of the molecule is Cc1cn2nc(C3CCCCN3C(=O)c3cc(Cl)ccc3NS(C)=O)cc2nc1N1CC(N)C1. The molecule has 1 aromatic carbocycles. The van der Waals surface area contributed by atoms with Gasteiger partial charge in [-0.2, -0.15) is 5.10 Å². The number of likely N-dealkylation sites (tertiary alicyclic amines) is 1. The average Bonchev–Trinajstić information content (AvgIpc) is 3.19. The molecule has 3 N–H and O–H groups in total. The van der Waals surface area contributed by atoms with E-state index in [1.54, 1.807) is 22.7 Å². The van der Waals surface area contributed by atoms with Crippen molar-refractivity contribution in [2.24, 2.45) is 5.73 Å². The van der Waals surface area contributed by atoms with Crippen LogP contribution in [-0.2, 0) is 11.0 Å². The Labute approximate surface area is 205 Å². The van der Waals surface area contributed by atoms with Crippen LogP contribution in [0.5, 0.6) is 0 Å². The molecule has 3 aromatic rings. The summed E-state index contributed by atoms with van der Waals surface area (Å²) in [4.78, 5) is 22.6. The largest absolute Gasteiger partial charge is 0.353 e. The Kier molecular flexibility index (Phi) is 6.22. The molecule has 0 spiro atoms. The second-order valence-electron chi connectivity index (χ2n) is 9.04. The van der Waals surface area contributed by atoms with Gasteiger partial charge in [0, 0.05) is 54.8 Å². The average molecular weight is 502 g/mol. The number of hydrogen-bond acceptors (Lipinski definition) is 6. The number of aromatic nitrogens is 3. The van der Waals surface area contributed by atoms with Crippen molar-refractivity contribution < 1.29 is 9.00 Å². The molecule has 9 nitrogen and oxygen atoms in total. The molecule has 1 amide bonds. The van der Waals surface area contributed by atoms with Gasteiger partial charge in [-0.25, -0.2) is 13.7 Å². The number of amides is 1. The monoisotopic (exact) mass is 501 g/mol. The molecule has 34 heavy (non-hydrogen) atoms. The first-order valence-corrected chi connectivity index (χ1v) is 13.3. The molecule has 2 aromatic heterocycles. The second kappa shape index (κ2) is 9.16. The van der Waals surface area contributed by atoms with E-state index in [-0.39, 0.29) is 18.0 Å². The third-order valence-corrected chi connectivity index (χ3v) is 7.15. The minimum Gasteiger partial charge on any atom is -0.353 e. The Balaban J connectivity index is 1.48. The van der Waals surface area contributed by atoms with Gasteiger partial charge >= 0.3 is 0 Å². The number of nitrogens with zero attached hydrogens (tertiary/aromatic N) is 5. The summed E-state index contributed by atoms with van der Waals surface area (Å²) in [5, 5.41) is 5.25. The maximum atomic E-state index is 13.7. The first kappa shape index (κ1) is 23.1.